The minimum Gasteiger partial charge on any atom is -0.476 e. The summed E-state index contributed by atoms with van der Waals surface area (Å²) in [7, 11) is 0. The van der Waals surface area contributed by atoms with Crippen LogP contribution in [0.2, 0.25) is 0 Å². The van der Waals surface area contributed by atoms with Crippen LogP contribution >= 0.6 is 27.3 Å². The number of nitro benzene ring substituents is 1. The predicted molar refractivity (Wildman–Crippen MR) is 82.1 cm³/mol. The summed E-state index contributed by atoms with van der Waals surface area (Å²) in [4.78, 5) is 25.2. The molecule has 21 heavy (non-hydrogen) atoms. The van der Waals surface area contributed by atoms with Crippen molar-refractivity contribution in [2.75, 3.05) is 11.9 Å². The standard InChI is InChI=1S/C12H10BrN3O4S/c13-7-1-2-8(10(5-7)16(19)20)14-4-3-11-15-9(6-21-11)12(17)18/h1-2,5-6,14H,3-4H2,(H,17,18). The number of hydrogen-bond donors (Lipinski definition) is 2. The van der Waals surface area contributed by atoms with Crippen molar-refractivity contribution in [1.82, 2.24) is 4.98 Å². The normalized spacial score (nSPS) is 10.3. The molecule has 2 rings (SSSR count). The molecule has 0 unspecified atom stereocenters. The average Bonchev–Trinajstić information content (AvgIpc) is 2.89. The fourth-order valence-electron chi connectivity index (χ4n) is 1.63. The number of anilines is 1. The maximum Gasteiger partial charge on any atom is 0.355 e. The van der Waals surface area contributed by atoms with Gasteiger partial charge in [0, 0.05) is 28.9 Å². The minimum atomic E-state index is -1.06. The zero-order chi connectivity index (χ0) is 15.4. The molecular weight excluding hydrogens is 362 g/mol. The molecule has 0 saturated carbocycles. The highest BCUT2D eigenvalue weighted by Gasteiger charge is 2.14. The lowest BCUT2D eigenvalue weighted by Gasteiger charge is -2.06. The van der Waals surface area contributed by atoms with E-state index in [9.17, 15) is 14.9 Å². The van der Waals surface area contributed by atoms with Crippen molar-refractivity contribution < 1.29 is 14.8 Å². The van der Waals surface area contributed by atoms with E-state index in [4.69, 9.17) is 5.11 Å². The molecule has 0 atom stereocenters. The van der Waals surface area contributed by atoms with Crippen LogP contribution in [0, 0.1) is 10.1 Å². The quantitative estimate of drug-likeness (QED) is 0.596. The van der Waals surface area contributed by atoms with Crippen molar-refractivity contribution in [3.8, 4) is 0 Å². The number of thiazole rings is 1. The smallest absolute Gasteiger partial charge is 0.355 e. The molecular formula is C12H10BrN3O4S. The maximum atomic E-state index is 11.0. The molecule has 2 aromatic rings. The van der Waals surface area contributed by atoms with Crippen LogP contribution in [0.1, 0.15) is 15.5 Å². The molecule has 0 aliphatic heterocycles. The molecule has 0 fully saturated rings. The van der Waals surface area contributed by atoms with E-state index in [-0.39, 0.29) is 11.4 Å². The van der Waals surface area contributed by atoms with Crippen molar-refractivity contribution in [2.24, 2.45) is 0 Å². The molecule has 110 valence electrons. The van der Waals surface area contributed by atoms with Gasteiger partial charge in [0.1, 0.15) is 5.69 Å². The van der Waals surface area contributed by atoms with Crippen LogP contribution in [-0.4, -0.2) is 27.5 Å². The summed E-state index contributed by atoms with van der Waals surface area (Å²) in [5, 5.41) is 24.8. The highest BCUT2D eigenvalue weighted by Crippen LogP contribution is 2.27. The van der Waals surface area contributed by atoms with Gasteiger partial charge in [-0.2, -0.15) is 0 Å². The molecule has 1 aromatic heterocycles. The lowest BCUT2D eigenvalue weighted by atomic mass is 10.2. The third-order valence-corrected chi connectivity index (χ3v) is 3.98. The number of nitrogens with zero attached hydrogens (tertiary/aromatic N) is 2. The summed E-state index contributed by atoms with van der Waals surface area (Å²) < 4.78 is 0.630. The first-order chi connectivity index (χ1) is 9.97. The first kappa shape index (κ1) is 15.4. The number of aromatic carboxylic acids is 1. The number of benzene rings is 1. The zero-order valence-corrected chi connectivity index (χ0v) is 13.0. The molecule has 0 aliphatic carbocycles. The second-order valence-corrected chi connectivity index (χ2v) is 5.89. The van der Waals surface area contributed by atoms with Crippen LogP contribution in [0.3, 0.4) is 0 Å². The van der Waals surface area contributed by atoms with E-state index in [1.54, 1.807) is 12.1 Å². The second kappa shape index (κ2) is 6.64. The third-order valence-electron chi connectivity index (χ3n) is 2.58. The van der Waals surface area contributed by atoms with Gasteiger partial charge < -0.3 is 10.4 Å². The van der Waals surface area contributed by atoms with E-state index < -0.39 is 10.9 Å². The topological polar surface area (TPSA) is 105 Å². The van der Waals surface area contributed by atoms with Crippen LogP contribution in [0.25, 0.3) is 0 Å². The Kier molecular flexibility index (Phi) is 4.86. The van der Waals surface area contributed by atoms with Gasteiger partial charge in [-0.1, -0.05) is 15.9 Å². The second-order valence-electron chi connectivity index (χ2n) is 4.03. The van der Waals surface area contributed by atoms with Crippen LogP contribution in [-0.2, 0) is 6.42 Å². The summed E-state index contributed by atoms with van der Waals surface area (Å²) in [5.74, 6) is -1.06. The summed E-state index contributed by atoms with van der Waals surface area (Å²) in [6.07, 6.45) is 0.491. The number of nitrogens with one attached hydrogen (secondary N) is 1. The maximum absolute atomic E-state index is 11.0. The van der Waals surface area contributed by atoms with Gasteiger partial charge in [-0.3, -0.25) is 10.1 Å². The van der Waals surface area contributed by atoms with E-state index in [0.717, 1.165) is 0 Å². The minimum absolute atomic E-state index is 0.0182. The van der Waals surface area contributed by atoms with Crippen molar-refractivity contribution >= 4 is 44.6 Å². The van der Waals surface area contributed by atoms with Gasteiger partial charge in [-0.05, 0) is 12.1 Å². The van der Waals surface area contributed by atoms with Crippen LogP contribution < -0.4 is 5.32 Å². The number of carboxylic acids is 1. The van der Waals surface area contributed by atoms with E-state index in [0.29, 0.717) is 28.1 Å². The molecule has 1 aromatic carbocycles. The summed E-state index contributed by atoms with van der Waals surface area (Å²) in [6.45, 7) is 0.426. The number of rotatable bonds is 6. The van der Waals surface area contributed by atoms with Gasteiger partial charge in [0.05, 0.1) is 9.93 Å². The van der Waals surface area contributed by atoms with Crippen molar-refractivity contribution in [2.45, 2.75) is 6.42 Å². The number of aromatic nitrogens is 1. The molecule has 0 amide bonds. The summed E-state index contributed by atoms with van der Waals surface area (Å²) in [6, 6.07) is 4.75. The first-order valence-electron chi connectivity index (χ1n) is 5.83. The highest BCUT2D eigenvalue weighted by molar-refractivity contribution is 9.10. The Labute approximate surface area is 131 Å². The van der Waals surface area contributed by atoms with Crippen LogP contribution in [0.4, 0.5) is 11.4 Å². The fourth-order valence-corrected chi connectivity index (χ4v) is 2.75. The third kappa shape index (κ3) is 3.99. The highest BCUT2D eigenvalue weighted by atomic mass is 79.9. The van der Waals surface area contributed by atoms with Gasteiger partial charge in [-0.25, -0.2) is 9.78 Å². The van der Waals surface area contributed by atoms with Crippen molar-refractivity contribution in [3.05, 3.63) is 48.9 Å². The molecule has 1 heterocycles. The Hall–Kier alpha value is -2.00. The Morgan fingerprint density at radius 3 is 2.90 bits per heavy atom. The van der Waals surface area contributed by atoms with Crippen LogP contribution in [0.5, 0.6) is 0 Å². The van der Waals surface area contributed by atoms with Gasteiger partial charge in [0.2, 0.25) is 0 Å². The predicted octanol–water partition coefficient (Wildman–Crippen LogP) is 3.17. The van der Waals surface area contributed by atoms with E-state index in [1.807, 2.05) is 0 Å². The van der Waals surface area contributed by atoms with Crippen molar-refractivity contribution in [1.29, 1.82) is 0 Å². The Morgan fingerprint density at radius 2 is 2.29 bits per heavy atom. The van der Waals surface area contributed by atoms with Gasteiger partial charge in [-0.15, -0.1) is 11.3 Å². The molecule has 0 bridgehead atoms. The lowest BCUT2D eigenvalue weighted by Crippen LogP contribution is -2.07. The van der Waals surface area contributed by atoms with Gasteiger partial charge in [0.25, 0.3) is 5.69 Å². The molecule has 0 aliphatic rings. The van der Waals surface area contributed by atoms with E-state index in [2.05, 4.69) is 26.2 Å². The monoisotopic (exact) mass is 371 g/mol. The Balaban J connectivity index is 2.00. The Morgan fingerprint density at radius 1 is 1.52 bits per heavy atom. The van der Waals surface area contributed by atoms with Crippen LogP contribution in [0.15, 0.2) is 28.1 Å². The summed E-state index contributed by atoms with van der Waals surface area (Å²) in [5.41, 5.74) is 0.414. The molecule has 0 saturated heterocycles. The molecule has 0 radical (unpaired) electrons. The lowest BCUT2D eigenvalue weighted by molar-refractivity contribution is -0.384. The van der Waals surface area contributed by atoms with E-state index >= 15 is 0 Å². The Bertz CT molecular complexity index is 689. The first-order valence-corrected chi connectivity index (χ1v) is 7.50. The molecule has 7 nitrogen and oxygen atoms in total. The molecule has 0 spiro atoms. The number of halogens is 1. The van der Waals surface area contributed by atoms with Crippen molar-refractivity contribution in [3.63, 3.8) is 0 Å². The number of carboxylic acid groups (broad SMARTS) is 1. The van der Waals surface area contributed by atoms with E-state index in [1.165, 1.54) is 22.8 Å². The molecule has 2 N–H and O–H groups in total. The number of hydrogen-bond acceptors (Lipinski definition) is 6. The average molecular weight is 372 g/mol. The summed E-state index contributed by atoms with van der Waals surface area (Å²) >= 11 is 4.44. The fraction of sp³-hybridized carbons (Fsp3) is 0.167. The number of nitro groups is 1. The molecule has 9 heteroatoms. The zero-order valence-electron chi connectivity index (χ0n) is 10.6. The largest absolute Gasteiger partial charge is 0.476 e. The number of carbonyl (C=O) groups is 1. The van der Waals surface area contributed by atoms with Gasteiger partial charge in [0.15, 0.2) is 5.69 Å². The SMILES string of the molecule is O=C(O)c1csc(CCNc2ccc(Br)cc2[N+](=O)[O-])n1. The van der Waals surface area contributed by atoms with Gasteiger partial charge >= 0.3 is 5.97 Å².